The third-order valence-corrected chi connectivity index (χ3v) is 12.6. The normalized spacial score (nSPS) is 11.8. The lowest BCUT2D eigenvalue weighted by Crippen LogP contribution is -1.98. The third kappa shape index (κ3) is 5.71. The minimum absolute atomic E-state index is 0.800. The molecule has 0 atom stereocenters. The number of benzene rings is 8. The second-order valence-corrected chi connectivity index (χ2v) is 16.2. The van der Waals surface area contributed by atoms with Crippen LogP contribution in [0.3, 0.4) is 0 Å². The Bertz CT molecular complexity index is 3860. The lowest BCUT2D eigenvalue weighted by molar-refractivity contribution is 0.668. The van der Waals surface area contributed by atoms with Crippen molar-refractivity contribution in [2.75, 3.05) is 0 Å². The first-order chi connectivity index (χ1) is 31.2. The highest BCUT2D eigenvalue weighted by Gasteiger charge is 2.19. The van der Waals surface area contributed by atoms with Gasteiger partial charge in [0.1, 0.15) is 11.1 Å². The van der Waals surface area contributed by atoms with Gasteiger partial charge in [0.05, 0.1) is 39.1 Å². The molecule has 0 spiro atoms. The molecule has 5 nitrogen and oxygen atoms in total. The van der Waals surface area contributed by atoms with E-state index < -0.39 is 0 Å². The molecule has 0 bridgehead atoms. The molecular weight excluding hydrogens is 769 g/mol. The Labute approximate surface area is 362 Å². The Morgan fingerprint density at radius 2 is 0.873 bits per heavy atom. The Morgan fingerprint density at radius 1 is 0.317 bits per heavy atom. The van der Waals surface area contributed by atoms with Crippen molar-refractivity contribution in [1.82, 2.24) is 19.1 Å². The van der Waals surface area contributed by atoms with Gasteiger partial charge in [-0.1, -0.05) is 133 Å². The minimum atomic E-state index is 0.800. The van der Waals surface area contributed by atoms with Gasteiger partial charge in [-0.3, -0.25) is 4.98 Å². The van der Waals surface area contributed by atoms with Crippen LogP contribution in [0.15, 0.2) is 223 Å². The molecule has 5 heteroatoms. The van der Waals surface area contributed by atoms with E-state index in [1.807, 2.05) is 18.3 Å². The molecule has 0 saturated carbocycles. The quantitative estimate of drug-likeness (QED) is 0.168. The number of pyridine rings is 2. The molecule has 0 N–H and O–H groups in total. The summed E-state index contributed by atoms with van der Waals surface area (Å²) in [6.45, 7) is 0. The molecule has 5 aromatic heterocycles. The molecular formula is C58H36N4O. The highest BCUT2D eigenvalue weighted by molar-refractivity contribution is 6.13. The topological polar surface area (TPSA) is 48.8 Å². The van der Waals surface area contributed by atoms with E-state index in [-0.39, 0.29) is 0 Å². The van der Waals surface area contributed by atoms with Gasteiger partial charge in [-0.2, -0.15) is 0 Å². The van der Waals surface area contributed by atoms with Crippen LogP contribution in [0.5, 0.6) is 0 Å². The van der Waals surface area contributed by atoms with Gasteiger partial charge < -0.3 is 13.6 Å². The second kappa shape index (κ2) is 14.0. The van der Waals surface area contributed by atoms with Crippen molar-refractivity contribution in [3.05, 3.63) is 219 Å². The lowest BCUT2D eigenvalue weighted by atomic mass is 10.0. The van der Waals surface area contributed by atoms with Crippen molar-refractivity contribution in [1.29, 1.82) is 0 Å². The molecule has 0 radical (unpaired) electrons. The first kappa shape index (κ1) is 35.2. The van der Waals surface area contributed by atoms with Crippen LogP contribution in [-0.2, 0) is 0 Å². The first-order valence-corrected chi connectivity index (χ1v) is 21.3. The molecule has 0 fully saturated rings. The fourth-order valence-electron chi connectivity index (χ4n) is 9.62. The largest absolute Gasteiger partial charge is 0.454 e. The zero-order valence-electron chi connectivity index (χ0n) is 34.0. The van der Waals surface area contributed by atoms with Gasteiger partial charge in [0.15, 0.2) is 5.58 Å². The van der Waals surface area contributed by atoms with Crippen LogP contribution in [0.4, 0.5) is 0 Å². The van der Waals surface area contributed by atoms with Crippen LogP contribution in [0.2, 0.25) is 0 Å². The van der Waals surface area contributed by atoms with Gasteiger partial charge in [0.2, 0.25) is 0 Å². The average molecular weight is 805 g/mol. The Balaban J connectivity index is 0.961. The number of para-hydroxylation sites is 2. The summed E-state index contributed by atoms with van der Waals surface area (Å²) in [4.78, 5) is 9.83. The van der Waals surface area contributed by atoms with E-state index in [1.165, 1.54) is 27.1 Å². The van der Waals surface area contributed by atoms with Gasteiger partial charge in [0.25, 0.3) is 0 Å². The second-order valence-electron chi connectivity index (χ2n) is 16.2. The molecule has 0 aliphatic carbocycles. The van der Waals surface area contributed by atoms with E-state index in [4.69, 9.17) is 9.40 Å². The molecule has 63 heavy (non-hydrogen) atoms. The monoisotopic (exact) mass is 804 g/mol. The Hall–Kier alpha value is -8.54. The molecule has 5 heterocycles. The molecule has 13 rings (SSSR count). The maximum atomic E-state index is 6.09. The van der Waals surface area contributed by atoms with Crippen molar-refractivity contribution in [2.45, 2.75) is 0 Å². The predicted molar refractivity (Wildman–Crippen MR) is 260 cm³/mol. The van der Waals surface area contributed by atoms with E-state index in [0.717, 1.165) is 94.8 Å². The summed E-state index contributed by atoms with van der Waals surface area (Å²) < 4.78 is 10.9. The summed E-state index contributed by atoms with van der Waals surface area (Å²) in [5, 5.41) is 5.87. The number of hydrogen-bond donors (Lipinski definition) is 0. The van der Waals surface area contributed by atoms with E-state index >= 15 is 0 Å². The highest BCUT2D eigenvalue weighted by atomic mass is 16.3. The summed E-state index contributed by atoms with van der Waals surface area (Å²) in [6, 6.07) is 75.8. The molecule has 0 unspecified atom stereocenters. The molecule has 294 valence electrons. The third-order valence-electron chi connectivity index (χ3n) is 12.6. The zero-order chi connectivity index (χ0) is 41.4. The fraction of sp³-hybridized carbons (Fsp3) is 0. The number of aromatic nitrogens is 4. The summed E-state index contributed by atoms with van der Waals surface area (Å²) in [7, 11) is 0. The maximum absolute atomic E-state index is 6.09. The summed E-state index contributed by atoms with van der Waals surface area (Å²) in [5.74, 6) is 0. The predicted octanol–water partition coefficient (Wildman–Crippen LogP) is 15.2. The van der Waals surface area contributed by atoms with Crippen molar-refractivity contribution in [3.8, 4) is 56.1 Å². The molecule has 0 aliphatic rings. The van der Waals surface area contributed by atoms with Crippen molar-refractivity contribution in [2.24, 2.45) is 0 Å². The van der Waals surface area contributed by atoms with E-state index in [2.05, 4.69) is 214 Å². The van der Waals surface area contributed by atoms with Crippen LogP contribution in [-0.4, -0.2) is 19.1 Å². The Kier molecular flexibility index (Phi) is 7.84. The van der Waals surface area contributed by atoms with Crippen LogP contribution in [0.1, 0.15) is 0 Å². The maximum Gasteiger partial charge on any atom is 0.153 e. The van der Waals surface area contributed by atoms with E-state index in [9.17, 15) is 0 Å². The molecule has 0 saturated heterocycles. The summed E-state index contributed by atoms with van der Waals surface area (Å²) in [6.07, 6.45) is 1.82. The number of rotatable bonds is 6. The average Bonchev–Trinajstić information content (AvgIpc) is 4.01. The van der Waals surface area contributed by atoms with Crippen LogP contribution >= 0.6 is 0 Å². The first-order valence-electron chi connectivity index (χ1n) is 21.3. The van der Waals surface area contributed by atoms with Gasteiger partial charge >= 0.3 is 0 Å². The van der Waals surface area contributed by atoms with Crippen LogP contribution in [0, 0.1) is 0 Å². The highest BCUT2D eigenvalue weighted by Crippen LogP contribution is 2.40. The van der Waals surface area contributed by atoms with Crippen LogP contribution in [0.25, 0.3) is 122 Å². The standard InChI is InChI=1S/C58H36N4O/c1-3-13-37(14-4-1)50-35-44(36-51(60-50)38-15-5-2-6-16-38)62-52-21-9-7-19-45(52)47-27-24-42(34-55(47)62)40-25-28-54-48(32-40)46-20-8-10-22-53(46)61(54)43-18-11-17-39(31-43)41-26-29-56-49(33-41)58-57(63-56)23-12-30-59-58/h1-36H. The Morgan fingerprint density at radius 3 is 1.62 bits per heavy atom. The fourth-order valence-corrected chi connectivity index (χ4v) is 9.62. The smallest absolute Gasteiger partial charge is 0.153 e. The van der Waals surface area contributed by atoms with Gasteiger partial charge in [0, 0.05) is 49.9 Å². The van der Waals surface area contributed by atoms with Crippen molar-refractivity contribution >= 4 is 65.7 Å². The van der Waals surface area contributed by atoms with Gasteiger partial charge in [-0.25, -0.2) is 4.98 Å². The number of hydrogen-bond acceptors (Lipinski definition) is 3. The molecule has 13 aromatic rings. The van der Waals surface area contributed by atoms with Crippen molar-refractivity contribution < 1.29 is 4.42 Å². The van der Waals surface area contributed by atoms with E-state index in [0.29, 0.717) is 0 Å². The zero-order valence-corrected chi connectivity index (χ0v) is 34.0. The van der Waals surface area contributed by atoms with Crippen LogP contribution < -0.4 is 0 Å². The van der Waals surface area contributed by atoms with E-state index in [1.54, 1.807) is 0 Å². The minimum Gasteiger partial charge on any atom is -0.454 e. The lowest BCUT2D eigenvalue weighted by Gasteiger charge is -2.14. The van der Waals surface area contributed by atoms with Gasteiger partial charge in [-0.15, -0.1) is 0 Å². The number of fused-ring (bicyclic) bond motifs is 9. The molecule has 0 amide bonds. The molecule has 8 aromatic carbocycles. The number of furan rings is 1. The molecule has 0 aliphatic heterocycles. The van der Waals surface area contributed by atoms with Gasteiger partial charge in [-0.05, 0) is 101 Å². The summed E-state index contributed by atoms with van der Waals surface area (Å²) >= 11 is 0. The van der Waals surface area contributed by atoms with Crippen molar-refractivity contribution in [3.63, 3.8) is 0 Å². The summed E-state index contributed by atoms with van der Waals surface area (Å²) in [5.41, 5.74) is 17.9. The SMILES string of the molecule is c1ccc(-c2cc(-n3c4ccccc4c4ccc(-c5ccc6c(c5)c5ccccc5n6-c5cccc(-c6ccc7oc8cccnc8c7c6)c5)cc43)cc(-c3ccccc3)n2)cc1. The number of nitrogens with zero attached hydrogens (tertiary/aromatic N) is 4.